The van der Waals surface area contributed by atoms with Crippen LogP contribution in [0.2, 0.25) is 0 Å². The van der Waals surface area contributed by atoms with Gasteiger partial charge < -0.3 is 0 Å². The smallest absolute Gasteiger partial charge is 0 e. The summed E-state index contributed by atoms with van der Waals surface area (Å²) >= 11 is 0. The van der Waals surface area contributed by atoms with E-state index in [0.29, 0.717) is 11.1 Å². The van der Waals surface area contributed by atoms with Gasteiger partial charge in [-0.05, 0) is 22.5 Å². The van der Waals surface area contributed by atoms with Gasteiger partial charge in [0, 0.05) is 20.4 Å². The molecule has 105 valence electrons. The van der Waals surface area contributed by atoms with Crippen LogP contribution in [0, 0.1) is 6.08 Å². The van der Waals surface area contributed by atoms with Crippen LogP contribution in [-0.4, -0.2) is 0 Å². The van der Waals surface area contributed by atoms with Crippen molar-refractivity contribution in [3.8, 4) is 0 Å². The third kappa shape index (κ3) is 8.37. The van der Waals surface area contributed by atoms with Gasteiger partial charge in [0.1, 0.15) is 0 Å². The minimum atomic E-state index is -0.572. The van der Waals surface area contributed by atoms with Crippen molar-refractivity contribution in [1.82, 2.24) is 0 Å². The zero-order chi connectivity index (χ0) is 14.8. The molecule has 0 spiro atoms. The second-order valence-electron chi connectivity index (χ2n) is 3.70. The normalized spacial score (nSPS) is 10.9. The molecule has 1 radical (unpaired) electrons. The van der Waals surface area contributed by atoms with Crippen molar-refractivity contribution < 1.29 is 24.8 Å². The van der Waals surface area contributed by atoms with Crippen LogP contribution in [0.25, 0.3) is 0 Å². The maximum Gasteiger partial charge on any atom is 0 e. The molecule has 0 aromatic heterocycles. The van der Waals surface area contributed by atoms with Crippen molar-refractivity contribution in [1.29, 1.82) is 0 Å². The summed E-state index contributed by atoms with van der Waals surface area (Å²) in [6.07, 6.45) is 12.0. The van der Waals surface area contributed by atoms with Crippen LogP contribution in [0.5, 0.6) is 0 Å². The quantitative estimate of drug-likeness (QED) is 0.353. The van der Waals surface area contributed by atoms with Crippen LogP contribution in [0.15, 0.2) is 104 Å². The summed E-state index contributed by atoms with van der Waals surface area (Å²) < 4.78 is 12.9. The fourth-order valence-electron chi connectivity index (χ4n) is 1.00. The molecular weight excluding hydrogens is 421 g/mol. The Morgan fingerprint density at radius 2 is 1.30 bits per heavy atom. The van der Waals surface area contributed by atoms with Crippen molar-refractivity contribution in [2.45, 2.75) is 0 Å². The minimum absolute atomic E-state index is 0. The maximum atomic E-state index is 12.9. The number of allylic oxidation sites excluding steroid dienone is 12. The Labute approximate surface area is 135 Å². The first kappa shape index (κ1) is 20.6. The summed E-state index contributed by atoms with van der Waals surface area (Å²) in [5.41, 5.74) is 2.51. The Morgan fingerprint density at radius 3 is 1.75 bits per heavy atom. The molecule has 0 bridgehead atoms. The second kappa shape index (κ2) is 11.1. The largest absolute Gasteiger partial charge is 0.250 e. The molecule has 0 N–H and O–H groups in total. The molecule has 0 heterocycles. The van der Waals surface area contributed by atoms with E-state index in [9.17, 15) is 4.39 Å². The monoisotopic (exact) mass is 440 g/mol. The van der Waals surface area contributed by atoms with E-state index in [1.807, 2.05) is 0 Å². The summed E-state index contributed by atoms with van der Waals surface area (Å²) in [5, 5.41) is 0. The molecular formula is C18H18FRe-. The first-order valence-corrected chi connectivity index (χ1v) is 5.56. The fourth-order valence-corrected chi connectivity index (χ4v) is 1.00. The van der Waals surface area contributed by atoms with Crippen LogP contribution >= 0.6 is 0 Å². The number of hydrogen-bond acceptors (Lipinski definition) is 0. The first-order valence-electron chi connectivity index (χ1n) is 5.56. The van der Waals surface area contributed by atoms with Crippen LogP contribution in [0.1, 0.15) is 0 Å². The molecule has 0 fully saturated rings. The van der Waals surface area contributed by atoms with Gasteiger partial charge in [0.25, 0.3) is 0 Å². The molecule has 0 aliphatic carbocycles. The van der Waals surface area contributed by atoms with Crippen LogP contribution in [-0.2, 0) is 20.4 Å². The van der Waals surface area contributed by atoms with E-state index in [1.54, 1.807) is 30.4 Å². The molecule has 0 unspecified atom stereocenters. The molecule has 0 aromatic rings. The molecule has 0 rings (SSSR count). The molecule has 20 heavy (non-hydrogen) atoms. The molecule has 0 nitrogen and oxygen atoms in total. The summed E-state index contributed by atoms with van der Waals surface area (Å²) in [6, 6.07) is 0. The average Bonchev–Trinajstić information content (AvgIpc) is 2.40. The molecule has 0 aliphatic heterocycles. The molecule has 0 aliphatic rings. The van der Waals surface area contributed by atoms with Gasteiger partial charge in [-0.3, -0.25) is 0 Å². The van der Waals surface area contributed by atoms with Gasteiger partial charge in [0.15, 0.2) is 0 Å². The standard InChI is InChI=1S/C18H18F.Re/c1-7-9-10-14(3)15(4)11-12-16(5)17(6)13-18(19)8-2;/h7,9-13H,1-6H2;/q-1;/b10-9-,12-11-,18-13+;. The molecule has 0 saturated heterocycles. The molecule has 0 amide bonds. The van der Waals surface area contributed by atoms with Gasteiger partial charge in [-0.15, -0.1) is 12.2 Å². The second-order valence-corrected chi connectivity index (χ2v) is 3.70. The summed E-state index contributed by atoms with van der Waals surface area (Å²) in [6.45, 7) is 22.0. The van der Waals surface area contributed by atoms with Crippen LogP contribution < -0.4 is 0 Å². The van der Waals surface area contributed by atoms with Crippen molar-refractivity contribution in [2.75, 3.05) is 0 Å². The SMILES string of the molecule is C=[C-]/C(F)=C\C(=C)C(=C)/C=C\C(=C)C(=C)/C=C\C=C.[Re]. The molecule has 0 saturated carbocycles. The minimum Gasteiger partial charge on any atom is -0.250 e. The Hall–Kier alpha value is -1.75. The van der Waals surface area contributed by atoms with E-state index in [2.05, 4.69) is 45.5 Å². The summed E-state index contributed by atoms with van der Waals surface area (Å²) in [4.78, 5) is 0. The van der Waals surface area contributed by atoms with Gasteiger partial charge >= 0.3 is 0 Å². The maximum absolute atomic E-state index is 12.9. The van der Waals surface area contributed by atoms with E-state index in [0.717, 1.165) is 11.1 Å². The Bertz CT molecular complexity index is 514. The van der Waals surface area contributed by atoms with Crippen molar-refractivity contribution in [3.63, 3.8) is 0 Å². The molecule has 2 heteroatoms. The van der Waals surface area contributed by atoms with Gasteiger partial charge in [0.05, 0.1) is 0 Å². The molecule has 0 aromatic carbocycles. The van der Waals surface area contributed by atoms with E-state index in [-0.39, 0.29) is 20.4 Å². The third-order valence-electron chi connectivity index (χ3n) is 2.21. The molecule has 0 atom stereocenters. The number of hydrogen-bond donors (Lipinski definition) is 0. The van der Waals surface area contributed by atoms with Crippen LogP contribution in [0.4, 0.5) is 4.39 Å². The fraction of sp³-hybridized carbons (Fsp3) is 0. The Morgan fingerprint density at radius 1 is 0.850 bits per heavy atom. The number of halogens is 1. The number of rotatable bonds is 8. The van der Waals surface area contributed by atoms with Crippen LogP contribution in [0.3, 0.4) is 0 Å². The van der Waals surface area contributed by atoms with E-state index < -0.39 is 5.83 Å². The Kier molecular flexibility index (Phi) is 11.4. The van der Waals surface area contributed by atoms with Crippen molar-refractivity contribution in [3.05, 3.63) is 110 Å². The zero-order valence-corrected chi connectivity index (χ0v) is 14.2. The predicted molar refractivity (Wildman–Crippen MR) is 83.1 cm³/mol. The van der Waals surface area contributed by atoms with Gasteiger partial charge in [-0.25, -0.2) is 10.5 Å². The Balaban J connectivity index is 0. The van der Waals surface area contributed by atoms with Gasteiger partial charge in [-0.1, -0.05) is 56.7 Å². The van der Waals surface area contributed by atoms with E-state index in [1.165, 1.54) is 6.08 Å². The predicted octanol–water partition coefficient (Wildman–Crippen LogP) is 5.35. The van der Waals surface area contributed by atoms with E-state index in [4.69, 9.17) is 0 Å². The summed E-state index contributed by atoms with van der Waals surface area (Å²) in [7, 11) is 0. The first-order chi connectivity index (χ1) is 8.92. The average molecular weight is 440 g/mol. The van der Waals surface area contributed by atoms with Gasteiger partial charge in [-0.2, -0.15) is 12.7 Å². The van der Waals surface area contributed by atoms with Crippen molar-refractivity contribution in [2.24, 2.45) is 0 Å². The zero-order valence-electron chi connectivity index (χ0n) is 11.5. The third-order valence-corrected chi connectivity index (χ3v) is 2.21. The summed E-state index contributed by atoms with van der Waals surface area (Å²) in [5.74, 6) is -0.572. The topological polar surface area (TPSA) is 0 Å². The van der Waals surface area contributed by atoms with Crippen molar-refractivity contribution >= 4 is 0 Å². The van der Waals surface area contributed by atoms with Gasteiger partial charge in [0.2, 0.25) is 0 Å². The van der Waals surface area contributed by atoms with E-state index >= 15 is 0 Å².